The van der Waals surface area contributed by atoms with Gasteiger partial charge < -0.3 is 9.73 Å². The van der Waals surface area contributed by atoms with E-state index >= 15 is 0 Å². The summed E-state index contributed by atoms with van der Waals surface area (Å²) in [6.07, 6.45) is 1.44. The Morgan fingerprint density at radius 2 is 1.77 bits per heavy atom. The molecular weight excluding hydrogens is 293 g/mol. The Bertz CT molecular complexity index is 807. The predicted molar refractivity (Wildman–Crippen MR) is 76.3 cm³/mol. The minimum Gasteiger partial charge on any atom is -0.423 e. The van der Waals surface area contributed by atoms with Gasteiger partial charge >= 0.3 is 0 Å². The molecule has 1 heterocycles. The van der Waals surface area contributed by atoms with Crippen LogP contribution in [-0.2, 0) is 0 Å². The molecule has 0 spiro atoms. The zero-order chi connectivity index (χ0) is 15.7. The van der Waals surface area contributed by atoms with Crippen molar-refractivity contribution in [3.8, 4) is 11.3 Å². The summed E-state index contributed by atoms with van der Waals surface area (Å²) in [5.74, 6) is -2.66. The van der Waals surface area contributed by atoms with Crippen molar-refractivity contribution in [1.82, 2.24) is 4.98 Å². The second-order valence-corrected chi connectivity index (χ2v) is 4.77. The Balaban J connectivity index is 1.89. The van der Waals surface area contributed by atoms with E-state index in [-0.39, 0.29) is 6.01 Å². The van der Waals surface area contributed by atoms with E-state index in [2.05, 4.69) is 10.3 Å². The third-order valence-corrected chi connectivity index (χ3v) is 3.05. The Morgan fingerprint density at radius 3 is 2.45 bits per heavy atom. The van der Waals surface area contributed by atoms with Gasteiger partial charge in [0, 0.05) is 17.7 Å². The lowest BCUT2D eigenvalue weighted by molar-refractivity contribution is 0.543. The summed E-state index contributed by atoms with van der Waals surface area (Å²) in [6.45, 7) is 1.93. The Labute approximate surface area is 124 Å². The van der Waals surface area contributed by atoms with Gasteiger partial charge in [-0.2, -0.15) is 0 Å². The normalized spacial score (nSPS) is 10.7. The maximum atomic E-state index is 13.6. The Morgan fingerprint density at radius 1 is 1.05 bits per heavy atom. The van der Waals surface area contributed by atoms with Crippen molar-refractivity contribution in [2.75, 3.05) is 5.32 Å². The van der Waals surface area contributed by atoms with Crippen LogP contribution in [0.1, 0.15) is 5.56 Å². The Kier molecular flexibility index (Phi) is 3.58. The summed E-state index contributed by atoms with van der Waals surface area (Å²) in [5, 5.41) is 2.38. The molecule has 1 aromatic heterocycles. The molecule has 1 N–H and O–H groups in total. The highest BCUT2D eigenvalue weighted by Crippen LogP contribution is 2.27. The molecule has 0 saturated carbocycles. The van der Waals surface area contributed by atoms with Gasteiger partial charge in [0.2, 0.25) is 0 Å². The number of nitrogens with zero attached hydrogens (tertiary/aromatic N) is 1. The van der Waals surface area contributed by atoms with Crippen molar-refractivity contribution in [2.45, 2.75) is 6.92 Å². The lowest BCUT2D eigenvalue weighted by Crippen LogP contribution is -1.98. The van der Waals surface area contributed by atoms with Crippen molar-refractivity contribution in [2.24, 2.45) is 0 Å². The number of hydrogen-bond donors (Lipinski definition) is 1. The van der Waals surface area contributed by atoms with Crippen molar-refractivity contribution >= 4 is 11.7 Å². The van der Waals surface area contributed by atoms with Gasteiger partial charge in [0.05, 0.1) is 6.20 Å². The van der Waals surface area contributed by atoms with E-state index in [0.717, 1.165) is 11.1 Å². The molecule has 0 saturated heterocycles. The molecule has 3 rings (SSSR count). The molecule has 0 bridgehead atoms. The monoisotopic (exact) mass is 304 g/mol. The average Bonchev–Trinajstić information content (AvgIpc) is 2.91. The molecule has 0 atom stereocenters. The summed E-state index contributed by atoms with van der Waals surface area (Å²) in [4.78, 5) is 3.92. The molecular formula is C16H11F3N2O. The van der Waals surface area contributed by atoms with Crippen LogP contribution < -0.4 is 5.32 Å². The number of aryl methyl sites for hydroxylation is 1. The van der Waals surface area contributed by atoms with E-state index in [9.17, 15) is 13.2 Å². The van der Waals surface area contributed by atoms with Crippen LogP contribution >= 0.6 is 0 Å². The molecule has 6 heteroatoms. The number of nitrogens with one attached hydrogen (secondary N) is 1. The molecule has 22 heavy (non-hydrogen) atoms. The number of halogens is 3. The number of hydrogen-bond acceptors (Lipinski definition) is 3. The first-order valence-electron chi connectivity index (χ1n) is 6.47. The molecule has 3 nitrogen and oxygen atoms in total. The maximum absolute atomic E-state index is 13.6. The quantitative estimate of drug-likeness (QED) is 0.754. The third-order valence-electron chi connectivity index (χ3n) is 3.05. The molecule has 0 aliphatic rings. The van der Waals surface area contributed by atoms with Gasteiger partial charge in [0.1, 0.15) is 11.5 Å². The van der Waals surface area contributed by atoms with Gasteiger partial charge in [-0.15, -0.1) is 0 Å². The maximum Gasteiger partial charge on any atom is 0.299 e. The zero-order valence-corrected chi connectivity index (χ0v) is 11.5. The van der Waals surface area contributed by atoms with Gasteiger partial charge in [0.25, 0.3) is 6.01 Å². The van der Waals surface area contributed by atoms with Crippen LogP contribution in [0.2, 0.25) is 0 Å². The highest BCUT2D eigenvalue weighted by Gasteiger charge is 2.14. The van der Waals surface area contributed by atoms with Crippen molar-refractivity contribution in [3.63, 3.8) is 0 Å². The topological polar surface area (TPSA) is 38.1 Å². The molecule has 112 valence electrons. The van der Waals surface area contributed by atoms with E-state index in [1.54, 1.807) is 0 Å². The third kappa shape index (κ3) is 2.81. The summed E-state index contributed by atoms with van der Waals surface area (Å²) in [5.41, 5.74) is 1.32. The largest absolute Gasteiger partial charge is 0.423 e. The first kappa shape index (κ1) is 14.2. The van der Waals surface area contributed by atoms with Crippen LogP contribution in [0.4, 0.5) is 24.9 Å². The van der Waals surface area contributed by atoms with Crippen molar-refractivity contribution < 1.29 is 17.6 Å². The standard InChI is InChI=1S/C16H11F3N2O/c1-9-3-2-4-10(5-9)14-8-20-16(22-14)21-15-12(18)6-11(17)7-13(15)19/h2-8H,1H3,(H,20,21). The van der Waals surface area contributed by atoms with Crippen LogP contribution in [0.15, 0.2) is 47.0 Å². The van der Waals surface area contributed by atoms with E-state index in [4.69, 9.17) is 4.42 Å². The van der Waals surface area contributed by atoms with Crippen LogP contribution in [0.5, 0.6) is 0 Å². The van der Waals surface area contributed by atoms with Gasteiger partial charge in [-0.3, -0.25) is 0 Å². The molecule has 0 fully saturated rings. The molecule has 3 aromatic rings. The molecule has 0 aliphatic carbocycles. The van der Waals surface area contributed by atoms with Crippen molar-refractivity contribution in [3.05, 3.63) is 65.6 Å². The summed E-state index contributed by atoms with van der Waals surface area (Å²) in [7, 11) is 0. The summed E-state index contributed by atoms with van der Waals surface area (Å²) >= 11 is 0. The fourth-order valence-corrected chi connectivity index (χ4v) is 2.03. The minimum atomic E-state index is -1.06. The lowest BCUT2D eigenvalue weighted by Gasteiger charge is -2.05. The van der Waals surface area contributed by atoms with Crippen molar-refractivity contribution in [1.29, 1.82) is 0 Å². The van der Waals surface area contributed by atoms with E-state index < -0.39 is 23.1 Å². The van der Waals surface area contributed by atoms with Crippen LogP contribution in [-0.4, -0.2) is 4.98 Å². The minimum absolute atomic E-state index is 0.0825. The SMILES string of the molecule is Cc1cccc(-c2cnc(Nc3c(F)cc(F)cc3F)o2)c1. The van der Waals surface area contributed by atoms with E-state index in [1.165, 1.54) is 6.20 Å². The number of rotatable bonds is 3. The highest BCUT2D eigenvalue weighted by atomic mass is 19.1. The van der Waals surface area contributed by atoms with Crippen LogP contribution in [0.25, 0.3) is 11.3 Å². The van der Waals surface area contributed by atoms with Gasteiger partial charge in [-0.25, -0.2) is 18.2 Å². The molecule has 0 unspecified atom stereocenters. The number of anilines is 2. The summed E-state index contributed by atoms with van der Waals surface area (Å²) < 4.78 is 45.4. The van der Waals surface area contributed by atoms with Gasteiger partial charge in [-0.1, -0.05) is 23.8 Å². The number of benzene rings is 2. The summed E-state index contributed by atoms with van der Waals surface area (Å²) in [6, 6.07) is 8.59. The predicted octanol–water partition coefficient (Wildman–Crippen LogP) is 4.81. The second-order valence-electron chi connectivity index (χ2n) is 4.77. The first-order valence-corrected chi connectivity index (χ1v) is 6.47. The molecule has 2 aromatic carbocycles. The molecule has 0 radical (unpaired) electrons. The van der Waals surface area contributed by atoms with Crippen LogP contribution in [0.3, 0.4) is 0 Å². The zero-order valence-electron chi connectivity index (χ0n) is 11.5. The highest BCUT2D eigenvalue weighted by molar-refractivity contribution is 5.60. The number of aromatic nitrogens is 1. The van der Waals surface area contributed by atoms with Crippen LogP contribution in [0, 0.1) is 24.4 Å². The van der Waals surface area contributed by atoms with Gasteiger partial charge in [-0.05, 0) is 13.0 Å². The van der Waals surface area contributed by atoms with Gasteiger partial charge in [0.15, 0.2) is 17.4 Å². The fourth-order valence-electron chi connectivity index (χ4n) is 2.03. The lowest BCUT2D eigenvalue weighted by atomic mass is 10.1. The number of oxazole rings is 1. The average molecular weight is 304 g/mol. The molecule has 0 amide bonds. The molecule has 0 aliphatic heterocycles. The van der Waals surface area contributed by atoms with E-state index in [1.807, 2.05) is 31.2 Å². The smallest absolute Gasteiger partial charge is 0.299 e. The second kappa shape index (κ2) is 5.55. The fraction of sp³-hybridized carbons (Fsp3) is 0.0625. The van der Waals surface area contributed by atoms with E-state index in [0.29, 0.717) is 17.9 Å². The Hall–Kier alpha value is -2.76. The first-order chi connectivity index (χ1) is 10.5.